The van der Waals surface area contributed by atoms with E-state index in [2.05, 4.69) is 16.9 Å². The smallest absolute Gasteiger partial charge is 0.329 e. The van der Waals surface area contributed by atoms with Crippen molar-refractivity contribution >= 4 is 29.2 Å². The van der Waals surface area contributed by atoms with Crippen LogP contribution in [-0.4, -0.2) is 39.0 Å². The normalized spacial score (nSPS) is 20.3. The lowest BCUT2D eigenvalue weighted by Crippen LogP contribution is -2.37. The number of anilines is 2. The van der Waals surface area contributed by atoms with Gasteiger partial charge in [0.2, 0.25) is 11.8 Å². The highest BCUT2D eigenvalue weighted by atomic mass is 32.2. The molecule has 1 fully saturated rings. The summed E-state index contributed by atoms with van der Waals surface area (Å²) in [6.07, 6.45) is 1.17. The standard InChI is InChI=1S/C9H13N5O2S/c1-6-5-13(2-3-17-6)8-7(14(15)16)4-11-9(10)12-8/h4,6H,2-3,5H2,1H3,(H2,10,11,12). The molecule has 0 radical (unpaired) electrons. The highest BCUT2D eigenvalue weighted by molar-refractivity contribution is 8.00. The molecule has 2 heterocycles. The van der Waals surface area contributed by atoms with E-state index in [0.29, 0.717) is 11.1 Å². The van der Waals surface area contributed by atoms with Crippen LogP contribution in [0, 0.1) is 10.1 Å². The van der Waals surface area contributed by atoms with Gasteiger partial charge in [-0.1, -0.05) is 6.92 Å². The van der Waals surface area contributed by atoms with Crippen LogP contribution in [0.2, 0.25) is 0 Å². The first-order valence-corrected chi connectivity index (χ1v) is 6.26. The molecule has 1 aromatic rings. The molecular weight excluding hydrogens is 242 g/mol. The lowest BCUT2D eigenvalue weighted by molar-refractivity contribution is -0.384. The number of nitrogen functional groups attached to an aromatic ring is 1. The predicted octanol–water partition coefficient (Wildman–Crippen LogP) is 0.909. The Kier molecular flexibility index (Phi) is 3.32. The molecule has 0 aliphatic carbocycles. The maximum Gasteiger partial charge on any atom is 0.329 e. The average Bonchev–Trinajstić information content (AvgIpc) is 2.28. The van der Waals surface area contributed by atoms with Gasteiger partial charge in [-0.2, -0.15) is 16.7 Å². The second kappa shape index (κ2) is 4.74. The molecule has 0 bridgehead atoms. The minimum absolute atomic E-state index is 0.0662. The van der Waals surface area contributed by atoms with Crippen molar-refractivity contribution < 1.29 is 4.92 Å². The van der Waals surface area contributed by atoms with Crippen LogP contribution in [0.3, 0.4) is 0 Å². The summed E-state index contributed by atoms with van der Waals surface area (Å²) in [7, 11) is 0. The molecule has 2 N–H and O–H groups in total. The largest absolute Gasteiger partial charge is 0.368 e. The molecule has 0 saturated carbocycles. The number of rotatable bonds is 2. The number of nitrogens with zero attached hydrogens (tertiary/aromatic N) is 4. The number of hydrogen-bond acceptors (Lipinski definition) is 7. The molecule has 0 amide bonds. The lowest BCUT2D eigenvalue weighted by Gasteiger charge is -2.30. The zero-order valence-corrected chi connectivity index (χ0v) is 10.2. The molecule has 7 nitrogen and oxygen atoms in total. The summed E-state index contributed by atoms with van der Waals surface area (Å²) in [4.78, 5) is 20.0. The Morgan fingerprint density at radius 2 is 2.47 bits per heavy atom. The van der Waals surface area contributed by atoms with Gasteiger partial charge in [0.05, 0.1) is 4.92 Å². The van der Waals surface area contributed by atoms with Gasteiger partial charge >= 0.3 is 5.69 Å². The predicted molar refractivity (Wildman–Crippen MR) is 67.2 cm³/mol. The van der Waals surface area contributed by atoms with E-state index in [1.807, 2.05) is 16.7 Å². The summed E-state index contributed by atoms with van der Waals surface area (Å²) in [5, 5.41) is 11.3. The maximum absolute atomic E-state index is 10.9. The third kappa shape index (κ3) is 2.57. The molecule has 1 aromatic heterocycles. The summed E-state index contributed by atoms with van der Waals surface area (Å²) >= 11 is 1.85. The highest BCUT2D eigenvalue weighted by Gasteiger charge is 2.26. The third-order valence-electron chi connectivity index (χ3n) is 2.51. The van der Waals surface area contributed by atoms with Crippen LogP contribution in [0.1, 0.15) is 6.92 Å². The van der Waals surface area contributed by atoms with E-state index in [-0.39, 0.29) is 11.6 Å². The monoisotopic (exact) mass is 255 g/mol. The van der Waals surface area contributed by atoms with E-state index in [9.17, 15) is 10.1 Å². The van der Waals surface area contributed by atoms with E-state index in [1.165, 1.54) is 6.20 Å². The van der Waals surface area contributed by atoms with Gasteiger partial charge in [0.15, 0.2) is 0 Å². The first-order chi connectivity index (χ1) is 8.08. The van der Waals surface area contributed by atoms with Crippen LogP contribution < -0.4 is 10.6 Å². The fourth-order valence-corrected chi connectivity index (χ4v) is 2.77. The third-order valence-corrected chi connectivity index (χ3v) is 3.64. The maximum atomic E-state index is 10.9. The minimum atomic E-state index is -0.471. The van der Waals surface area contributed by atoms with Crippen molar-refractivity contribution in [1.29, 1.82) is 0 Å². The molecule has 1 unspecified atom stereocenters. The fourth-order valence-electron chi connectivity index (χ4n) is 1.75. The zero-order valence-electron chi connectivity index (χ0n) is 9.37. The fraction of sp³-hybridized carbons (Fsp3) is 0.556. The van der Waals surface area contributed by atoms with Crippen molar-refractivity contribution in [3.8, 4) is 0 Å². The Morgan fingerprint density at radius 3 is 3.12 bits per heavy atom. The molecule has 1 aliphatic rings. The first-order valence-electron chi connectivity index (χ1n) is 5.21. The van der Waals surface area contributed by atoms with E-state index < -0.39 is 4.92 Å². The molecule has 1 atom stereocenters. The summed E-state index contributed by atoms with van der Waals surface area (Å²) in [5.74, 6) is 1.33. The van der Waals surface area contributed by atoms with Gasteiger partial charge in [-0.3, -0.25) is 10.1 Å². The molecular formula is C9H13N5O2S. The van der Waals surface area contributed by atoms with Crippen LogP contribution in [-0.2, 0) is 0 Å². The van der Waals surface area contributed by atoms with Crippen molar-refractivity contribution in [3.05, 3.63) is 16.3 Å². The van der Waals surface area contributed by atoms with Crippen molar-refractivity contribution in [3.63, 3.8) is 0 Å². The SMILES string of the molecule is CC1CN(c2nc(N)ncc2[N+](=O)[O-])CCS1. The van der Waals surface area contributed by atoms with Crippen LogP contribution in [0.15, 0.2) is 6.20 Å². The number of aromatic nitrogens is 2. The van der Waals surface area contributed by atoms with Gasteiger partial charge in [-0.05, 0) is 0 Å². The Balaban J connectivity index is 2.35. The Bertz CT molecular complexity index is 441. The van der Waals surface area contributed by atoms with Crippen LogP contribution >= 0.6 is 11.8 Å². The second-order valence-corrected chi connectivity index (χ2v) is 5.37. The topological polar surface area (TPSA) is 98.2 Å². The zero-order chi connectivity index (χ0) is 12.4. The van der Waals surface area contributed by atoms with Crippen molar-refractivity contribution in [2.45, 2.75) is 12.2 Å². The summed E-state index contributed by atoms with van der Waals surface area (Å²) < 4.78 is 0. The average molecular weight is 255 g/mol. The Morgan fingerprint density at radius 1 is 1.71 bits per heavy atom. The quantitative estimate of drug-likeness (QED) is 0.619. The molecule has 8 heteroatoms. The first kappa shape index (κ1) is 11.9. The van der Waals surface area contributed by atoms with Crippen LogP contribution in [0.5, 0.6) is 0 Å². The highest BCUT2D eigenvalue weighted by Crippen LogP contribution is 2.29. The lowest BCUT2D eigenvalue weighted by atomic mass is 10.3. The van der Waals surface area contributed by atoms with Gasteiger partial charge in [0.25, 0.3) is 0 Å². The van der Waals surface area contributed by atoms with Gasteiger partial charge < -0.3 is 10.6 Å². The minimum Gasteiger partial charge on any atom is -0.368 e. The van der Waals surface area contributed by atoms with Crippen LogP contribution in [0.4, 0.5) is 17.5 Å². The summed E-state index contributed by atoms with van der Waals surface area (Å²) in [5.41, 5.74) is 5.41. The van der Waals surface area contributed by atoms with Crippen molar-refractivity contribution in [1.82, 2.24) is 9.97 Å². The number of nitrogens with two attached hydrogens (primary N) is 1. The van der Waals surface area contributed by atoms with Gasteiger partial charge in [-0.25, -0.2) is 4.98 Å². The molecule has 92 valence electrons. The van der Waals surface area contributed by atoms with Gasteiger partial charge in [-0.15, -0.1) is 0 Å². The molecule has 1 aliphatic heterocycles. The number of nitro groups is 1. The van der Waals surface area contributed by atoms with Crippen LogP contribution in [0.25, 0.3) is 0 Å². The molecule has 0 aromatic carbocycles. The second-order valence-electron chi connectivity index (χ2n) is 3.82. The van der Waals surface area contributed by atoms with Crippen molar-refractivity contribution in [2.75, 3.05) is 29.5 Å². The molecule has 17 heavy (non-hydrogen) atoms. The molecule has 1 saturated heterocycles. The van der Waals surface area contributed by atoms with E-state index in [1.54, 1.807) is 0 Å². The van der Waals surface area contributed by atoms with Gasteiger partial charge in [0, 0.05) is 24.1 Å². The Hall–Kier alpha value is -1.57. The Labute approximate surface area is 103 Å². The van der Waals surface area contributed by atoms with E-state index in [0.717, 1.165) is 18.8 Å². The van der Waals surface area contributed by atoms with Crippen molar-refractivity contribution in [2.24, 2.45) is 0 Å². The summed E-state index contributed by atoms with van der Waals surface area (Å²) in [6, 6.07) is 0. The molecule has 2 rings (SSSR count). The van der Waals surface area contributed by atoms with Gasteiger partial charge in [0.1, 0.15) is 6.20 Å². The van der Waals surface area contributed by atoms with E-state index >= 15 is 0 Å². The summed E-state index contributed by atoms with van der Waals surface area (Å²) in [6.45, 7) is 3.57. The number of thioether (sulfide) groups is 1. The molecule has 0 spiro atoms. The number of hydrogen-bond donors (Lipinski definition) is 1. The van der Waals surface area contributed by atoms with E-state index in [4.69, 9.17) is 5.73 Å².